The van der Waals surface area contributed by atoms with E-state index in [1.807, 2.05) is 95.1 Å². The molecule has 10 nitrogen and oxygen atoms in total. The lowest BCUT2D eigenvalue weighted by molar-refractivity contribution is 0.0391. The number of fused-ring (bicyclic) bond motifs is 2. The Hall–Kier alpha value is -5.71. The van der Waals surface area contributed by atoms with E-state index in [-0.39, 0.29) is 17.9 Å². The van der Waals surface area contributed by atoms with E-state index in [4.69, 9.17) is 9.47 Å². The number of hydrogen-bond donors (Lipinski definition) is 0. The molecule has 1 atom stereocenters. The lowest BCUT2D eigenvalue weighted by Gasteiger charge is -2.36. The van der Waals surface area contributed by atoms with Crippen LogP contribution in [0.25, 0.3) is 11.3 Å². The number of morpholine rings is 1. The number of hydrogen-bond acceptors (Lipinski definition) is 6. The number of aromatic nitrogens is 1. The topological polar surface area (TPSA) is 87.6 Å². The van der Waals surface area contributed by atoms with Crippen LogP contribution < -0.4 is 9.64 Å². The number of para-hydroxylation sites is 2. The van der Waals surface area contributed by atoms with E-state index in [9.17, 15) is 14.4 Å². The van der Waals surface area contributed by atoms with Gasteiger partial charge in [-0.05, 0) is 91.4 Å². The third-order valence-electron chi connectivity index (χ3n) is 11.7. The SMILES string of the molecule is Cc1c(C(=O)N(CCN2CCOCC2)c2ccccc2)cc(-c2cc3c(cc2C(=O)N2Cc4ccccc4C[C@H]2C)CN(C(=O)Oc2ccccc2)CC3)n1C. The van der Waals surface area contributed by atoms with Crippen LogP contribution in [-0.2, 0) is 37.7 Å². The number of amides is 3. The lowest BCUT2D eigenvalue weighted by Crippen LogP contribution is -2.43. The first-order chi connectivity index (χ1) is 27.2. The summed E-state index contributed by atoms with van der Waals surface area (Å²) in [4.78, 5) is 50.8. The van der Waals surface area contributed by atoms with Crippen molar-refractivity contribution in [2.75, 3.05) is 50.8 Å². The van der Waals surface area contributed by atoms with Gasteiger partial charge >= 0.3 is 6.09 Å². The van der Waals surface area contributed by atoms with Gasteiger partial charge in [-0.3, -0.25) is 14.5 Å². The molecule has 10 heteroatoms. The Bertz CT molecular complexity index is 2230. The molecule has 3 aliphatic rings. The minimum absolute atomic E-state index is 0.0168. The third kappa shape index (κ3) is 7.59. The lowest BCUT2D eigenvalue weighted by atomic mass is 9.90. The molecule has 8 rings (SSSR count). The van der Waals surface area contributed by atoms with Gasteiger partial charge in [-0.15, -0.1) is 0 Å². The van der Waals surface area contributed by atoms with Crippen LogP contribution >= 0.6 is 0 Å². The van der Waals surface area contributed by atoms with Gasteiger partial charge < -0.3 is 28.7 Å². The van der Waals surface area contributed by atoms with Crippen LogP contribution in [-0.4, -0.2) is 89.2 Å². The van der Waals surface area contributed by atoms with Gasteiger partial charge in [0.25, 0.3) is 11.8 Å². The molecule has 0 N–H and O–H groups in total. The van der Waals surface area contributed by atoms with Crippen molar-refractivity contribution >= 4 is 23.6 Å². The van der Waals surface area contributed by atoms with Crippen molar-refractivity contribution in [3.8, 4) is 17.0 Å². The highest BCUT2D eigenvalue weighted by Gasteiger charge is 2.33. The average molecular weight is 752 g/mol. The molecular formula is C46H49N5O5. The highest BCUT2D eigenvalue weighted by Crippen LogP contribution is 2.36. The van der Waals surface area contributed by atoms with Gasteiger partial charge in [-0.2, -0.15) is 0 Å². The molecule has 288 valence electrons. The zero-order valence-corrected chi connectivity index (χ0v) is 32.4. The van der Waals surface area contributed by atoms with Gasteiger partial charge in [0.2, 0.25) is 0 Å². The van der Waals surface area contributed by atoms with Crippen LogP contribution in [0.3, 0.4) is 0 Å². The maximum absolute atomic E-state index is 14.9. The average Bonchev–Trinajstić information content (AvgIpc) is 3.53. The fourth-order valence-electron chi connectivity index (χ4n) is 8.26. The zero-order chi connectivity index (χ0) is 38.8. The molecule has 5 aromatic rings. The van der Waals surface area contributed by atoms with E-state index in [0.29, 0.717) is 62.7 Å². The third-order valence-corrected chi connectivity index (χ3v) is 11.7. The smallest absolute Gasteiger partial charge is 0.410 e. The monoisotopic (exact) mass is 751 g/mol. The van der Waals surface area contributed by atoms with E-state index in [2.05, 4.69) is 36.1 Å². The Morgan fingerprint density at radius 3 is 2.23 bits per heavy atom. The van der Waals surface area contributed by atoms with Crippen LogP contribution in [0.5, 0.6) is 5.75 Å². The molecule has 0 bridgehead atoms. The minimum Gasteiger partial charge on any atom is -0.410 e. The van der Waals surface area contributed by atoms with E-state index in [0.717, 1.165) is 65.4 Å². The first-order valence-corrected chi connectivity index (χ1v) is 19.6. The number of rotatable bonds is 8. The van der Waals surface area contributed by atoms with Gasteiger partial charge in [-0.1, -0.05) is 60.7 Å². The molecule has 56 heavy (non-hydrogen) atoms. The Kier molecular flexibility index (Phi) is 10.8. The fraction of sp³-hybridized carbons (Fsp3) is 0.326. The van der Waals surface area contributed by atoms with Crippen molar-refractivity contribution in [2.45, 2.75) is 45.8 Å². The molecule has 3 amide bonds. The maximum Gasteiger partial charge on any atom is 0.415 e. The molecule has 3 aliphatic heterocycles. The predicted octanol–water partition coefficient (Wildman–Crippen LogP) is 7.12. The summed E-state index contributed by atoms with van der Waals surface area (Å²) in [5.41, 5.74) is 8.80. The Morgan fingerprint density at radius 1 is 0.786 bits per heavy atom. The number of ether oxygens (including phenoxy) is 2. The quantitative estimate of drug-likeness (QED) is 0.168. The summed E-state index contributed by atoms with van der Waals surface area (Å²) in [7, 11) is 1.97. The van der Waals surface area contributed by atoms with Crippen LogP contribution in [0.1, 0.15) is 55.6 Å². The number of carbonyl (C=O) groups is 3. The maximum atomic E-state index is 14.9. The first kappa shape index (κ1) is 37.2. The highest BCUT2D eigenvalue weighted by atomic mass is 16.6. The van der Waals surface area contributed by atoms with Crippen LogP contribution in [0.4, 0.5) is 10.5 Å². The van der Waals surface area contributed by atoms with E-state index in [1.54, 1.807) is 17.0 Å². The summed E-state index contributed by atoms with van der Waals surface area (Å²) in [5.74, 6) is 0.339. The molecule has 0 spiro atoms. The highest BCUT2D eigenvalue weighted by molar-refractivity contribution is 6.08. The minimum atomic E-state index is -0.419. The van der Waals surface area contributed by atoms with Crippen LogP contribution in [0, 0.1) is 6.92 Å². The largest absolute Gasteiger partial charge is 0.415 e. The van der Waals surface area contributed by atoms with Gasteiger partial charge in [0.1, 0.15) is 5.75 Å². The van der Waals surface area contributed by atoms with Crippen molar-refractivity contribution < 1.29 is 23.9 Å². The van der Waals surface area contributed by atoms with Crippen molar-refractivity contribution in [2.24, 2.45) is 7.05 Å². The van der Waals surface area contributed by atoms with E-state index in [1.165, 1.54) is 5.56 Å². The fourth-order valence-corrected chi connectivity index (χ4v) is 8.26. The number of nitrogens with zero attached hydrogens (tertiary/aromatic N) is 5. The van der Waals surface area contributed by atoms with Gasteiger partial charge in [0.05, 0.1) is 18.8 Å². The molecule has 0 radical (unpaired) electrons. The zero-order valence-electron chi connectivity index (χ0n) is 32.4. The molecule has 0 aliphatic carbocycles. The van der Waals surface area contributed by atoms with E-state index >= 15 is 0 Å². The summed E-state index contributed by atoms with van der Waals surface area (Å²) in [6.07, 6.45) is 0.952. The number of carbonyl (C=O) groups excluding carboxylic acids is 3. The number of benzene rings is 4. The van der Waals surface area contributed by atoms with Gasteiger partial charge in [0.15, 0.2) is 0 Å². The molecule has 0 unspecified atom stereocenters. The predicted molar refractivity (Wildman–Crippen MR) is 217 cm³/mol. The van der Waals surface area contributed by atoms with Crippen LogP contribution in [0.2, 0.25) is 0 Å². The Morgan fingerprint density at radius 2 is 1.48 bits per heavy atom. The van der Waals surface area contributed by atoms with Crippen molar-refractivity contribution in [1.82, 2.24) is 19.3 Å². The van der Waals surface area contributed by atoms with Gasteiger partial charge in [0, 0.05) is 87.1 Å². The van der Waals surface area contributed by atoms with Crippen LogP contribution in [0.15, 0.2) is 103 Å². The molecule has 0 saturated carbocycles. The molecule has 1 fully saturated rings. The summed E-state index contributed by atoms with van der Waals surface area (Å²) >= 11 is 0. The second-order valence-electron chi connectivity index (χ2n) is 15.1. The molecule has 4 aromatic carbocycles. The number of anilines is 1. The molecule has 4 heterocycles. The summed E-state index contributed by atoms with van der Waals surface area (Å²) in [6, 6.07) is 33.3. The van der Waals surface area contributed by atoms with Crippen molar-refractivity contribution in [3.05, 3.63) is 142 Å². The summed E-state index contributed by atoms with van der Waals surface area (Å²) in [5, 5.41) is 0. The summed E-state index contributed by atoms with van der Waals surface area (Å²) < 4.78 is 13.3. The molecule has 1 saturated heterocycles. The Balaban J connectivity index is 1.16. The van der Waals surface area contributed by atoms with Gasteiger partial charge in [-0.25, -0.2) is 4.79 Å². The normalized spacial score (nSPS) is 16.9. The standard InChI is InChI=1S/C46H49N5O5/c1-32-26-34-12-10-11-13-36(34)31-51(32)45(53)42-28-37-30-49(46(54)56-39-16-8-5-9-17-39)19-18-35(37)27-41(42)43-29-40(33(2)47(43)3)44(52)50(38-14-6-4-7-15-38)21-20-48-22-24-55-25-23-48/h4-17,27-29,32H,18-26,30-31H2,1-3H3/t32-/m1/s1. The second kappa shape index (κ2) is 16.2. The second-order valence-corrected chi connectivity index (χ2v) is 15.1. The summed E-state index contributed by atoms with van der Waals surface area (Å²) in [6.45, 7) is 9.73. The molecular weight excluding hydrogens is 703 g/mol. The molecule has 1 aromatic heterocycles. The van der Waals surface area contributed by atoms with Crippen molar-refractivity contribution in [1.29, 1.82) is 0 Å². The van der Waals surface area contributed by atoms with E-state index < -0.39 is 6.09 Å². The van der Waals surface area contributed by atoms with Crippen molar-refractivity contribution in [3.63, 3.8) is 0 Å². The Labute approximate surface area is 328 Å². The first-order valence-electron chi connectivity index (χ1n) is 19.6.